The van der Waals surface area contributed by atoms with E-state index in [0.717, 1.165) is 51.4 Å². The third-order valence-electron chi connectivity index (χ3n) is 8.67. The average molecular weight is 757 g/mol. The minimum Gasteiger partial charge on any atom is -0.462 e. The first-order valence-electron chi connectivity index (χ1n) is 20.7. The predicted molar refractivity (Wildman–Crippen MR) is 215 cm³/mol. The highest BCUT2D eigenvalue weighted by molar-refractivity contribution is 7.47. The maximum absolute atomic E-state index is 12.6. The van der Waals surface area contributed by atoms with Crippen LogP contribution >= 0.6 is 7.82 Å². The molecule has 0 saturated carbocycles. The molecule has 0 heterocycles. The molecule has 0 aromatic carbocycles. The van der Waals surface area contributed by atoms with Gasteiger partial charge in [0.2, 0.25) is 0 Å². The van der Waals surface area contributed by atoms with Crippen LogP contribution in [-0.2, 0) is 32.7 Å². The lowest BCUT2D eigenvalue weighted by molar-refractivity contribution is -0.870. The van der Waals surface area contributed by atoms with Gasteiger partial charge in [-0.1, -0.05) is 140 Å². The van der Waals surface area contributed by atoms with Crippen molar-refractivity contribution in [2.75, 3.05) is 47.5 Å². The molecule has 1 N–H and O–H groups in total. The highest BCUT2D eigenvalue weighted by atomic mass is 31.2. The van der Waals surface area contributed by atoms with E-state index in [2.05, 4.69) is 50.3 Å². The molecule has 0 fully saturated rings. The van der Waals surface area contributed by atoms with E-state index in [4.69, 9.17) is 18.5 Å². The fourth-order valence-corrected chi connectivity index (χ4v) is 6.11. The number of allylic oxidation sites excluding steroid dienone is 6. The molecule has 10 heteroatoms. The summed E-state index contributed by atoms with van der Waals surface area (Å²) in [5, 5.41) is 0. The lowest BCUT2D eigenvalue weighted by Gasteiger charge is -2.24. The molecule has 0 aliphatic heterocycles. The molecule has 0 amide bonds. The van der Waals surface area contributed by atoms with Crippen LogP contribution in [0.3, 0.4) is 0 Å². The number of rotatable bonds is 37. The summed E-state index contributed by atoms with van der Waals surface area (Å²) in [4.78, 5) is 35.2. The van der Waals surface area contributed by atoms with Crippen molar-refractivity contribution in [2.24, 2.45) is 0 Å². The van der Waals surface area contributed by atoms with Gasteiger partial charge >= 0.3 is 19.8 Å². The summed E-state index contributed by atoms with van der Waals surface area (Å²) in [7, 11) is 1.46. The molecular weight excluding hydrogens is 677 g/mol. The quantitative estimate of drug-likeness (QED) is 0.0219. The SMILES string of the molecule is CCCCC/C=C\C/C=C\C/C=C\CCCCCCC(=O)OC[C@H](COP(=O)(O)OCC[N+](C)(C)C)OC(=O)CCCCCCCCCCCCC. The molecule has 0 aliphatic rings. The fraction of sp³-hybridized carbons (Fsp3) is 0.810. The van der Waals surface area contributed by atoms with Gasteiger partial charge in [-0.25, -0.2) is 4.57 Å². The fourth-order valence-electron chi connectivity index (χ4n) is 5.37. The van der Waals surface area contributed by atoms with E-state index in [1.54, 1.807) is 0 Å². The normalized spacial score (nSPS) is 14.0. The molecule has 9 nitrogen and oxygen atoms in total. The highest BCUT2D eigenvalue weighted by Gasteiger charge is 2.27. The highest BCUT2D eigenvalue weighted by Crippen LogP contribution is 2.43. The number of nitrogens with zero attached hydrogens (tertiary/aromatic N) is 1. The van der Waals surface area contributed by atoms with Crippen molar-refractivity contribution >= 4 is 19.8 Å². The molecule has 0 rings (SSSR count). The maximum Gasteiger partial charge on any atom is 0.472 e. The zero-order valence-electron chi connectivity index (χ0n) is 34.0. The van der Waals surface area contributed by atoms with Gasteiger partial charge in [0.05, 0.1) is 27.7 Å². The summed E-state index contributed by atoms with van der Waals surface area (Å²) in [6, 6.07) is 0. The summed E-state index contributed by atoms with van der Waals surface area (Å²) in [5.41, 5.74) is 0. The average Bonchev–Trinajstić information content (AvgIpc) is 3.09. The van der Waals surface area contributed by atoms with Crippen molar-refractivity contribution < 1.29 is 42.1 Å². The van der Waals surface area contributed by atoms with Crippen LogP contribution in [0.2, 0.25) is 0 Å². The Hall–Kier alpha value is -1.77. The summed E-state index contributed by atoms with van der Waals surface area (Å²) in [6.45, 7) is 4.35. The molecule has 304 valence electrons. The van der Waals surface area contributed by atoms with E-state index in [1.165, 1.54) is 77.0 Å². The van der Waals surface area contributed by atoms with Gasteiger partial charge in [0, 0.05) is 12.8 Å². The standard InChI is InChI=1S/C42H78NO8P/c1-6-8-10-12-14-16-18-19-20-21-22-23-25-26-28-30-32-34-41(44)48-38-40(39-50-52(46,47)49-37-36-43(3,4)5)51-42(45)35-33-31-29-27-24-17-15-13-11-9-7-2/h14,16,19-20,22-23,40H,6-13,15,17-18,21,24-39H2,1-5H3/p+1/b16-14-,20-19-,23-22-/t40-/m1/s1. The zero-order valence-corrected chi connectivity index (χ0v) is 34.9. The molecule has 0 bridgehead atoms. The van der Waals surface area contributed by atoms with Crippen LogP contribution in [0.15, 0.2) is 36.5 Å². The Morgan fingerprint density at radius 3 is 1.58 bits per heavy atom. The van der Waals surface area contributed by atoms with E-state index in [1.807, 2.05) is 21.1 Å². The molecule has 0 aromatic heterocycles. The van der Waals surface area contributed by atoms with Crippen LogP contribution in [0.5, 0.6) is 0 Å². The smallest absolute Gasteiger partial charge is 0.462 e. The van der Waals surface area contributed by atoms with Crippen molar-refractivity contribution in [1.29, 1.82) is 0 Å². The second-order valence-corrected chi connectivity index (χ2v) is 16.5. The number of ether oxygens (including phenoxy) is 2. The maximum atomic E-state index is 12.6. The van der Waals surface area contributed by atoms with E-state index in [9.17, 15) is 19.0 Å². The zero-order chi connectivity index (χ0) is 38.6. The molecule has 0 aliphatic carbocycles. The van der Waals surface area contributed by atoms with E-state index in [-0.39, 0.29) is 32.0 Å². The number of esters is 2. The number of hydrogen-bond donors (Lipinski definition) is 1. The van der Waals surface area contributed by atoms with Crippen LogP contribution in [0.1, 0.15) is 168 Å². The number of unbranched alkanes of at least 4 members (excludes halogenated alkanes) is 17. The largest absolute Gasteiger partial charge is 0.472 e. The van der Waals surface area contributed by atoms with E-state index < -0.39 is 26.5 Å². The summed E-state index contributed by atoms with van der Waals surface area (Å²) < 4.78 is 34.2. The third-order valence-corrected chi connectivity index (χ3v) is 9.66. The molecular formula is C42H79NO8P+. The molecule has 0 saturated heterocycles. The number of phosphoric acid groups is 1. The van der Waals surface area contributed by atoms with Crippen LogP contribution in [0.25, 0.3) is 0 Å². The van der Waals surface area contributed by atoms with Gasteiger partial charge in [-0.05, 0) is 51.4 Å². The molecule has 2 atom stereocenters. The van der Waals surface area contributed by atoms with E-state index in [0.29, 0.717) is 23.9 Å². The summed E-state index contributed by atoms with van der Waals surface area (Å²) in [6.07, 6.45) is 37.6. The minimum absolute atomic E-state index is 0.0283. The number of carbonyl (C=O) groups excluding carboxylic acids is 2. The van der Waals surface area contributed by atoms with Gasteiger partial charge in [0.25, 0.3) is 0 Å². The third kappa shape index (κ3) is 38.0. The summed E-state index contributed by atoms with van der Waals surface area (Å²) >= 11 is 0. The molecule has 1 unspecified atom stereocenters. The summed E-state index contributed by atoms with van der Waals surface area (Å²) in [5.74, 6) is -0.824. The van der Waals surface area contributed by atoms with Gasteiger partial charge in [-0.3, -0.25) is 18.6 Å². The van der Waals surface area contributed by atoms with Crippen LogP contribution in [-0.4, -0.2) is 74.9 Å². The molecule has 0 spiro atoms. The first-order valence-corrected chi connectivity index (χ1v) is 22.2. The number of hydrogen-bond acceptors (Lipinski definition) is 7. The van der Waals surface area contributed by atoms with Crippen molar-refractivity contribution in [3.63, 3.8) is 0 Å². The number of carbonyl (C=O) groups is 2. The Morgan fingerprint density at radius 2 is 1.04 bits per heavy atom. The lowest BCUT2D eigenvalue weighted by atomic mass is 10.1. The van der Waals surface area contributed by atoms with Crippen molar-refractivity contribution in [2.45, 2.75) is 174 Å². The Balaban J connectivity index is 4.41. The Kier molecular flexibility index (Phi) is 33.8. The second kappa shape index (κ2) is 35.0. The second-order valence-electron chi connectivity index (χ2n) is 15.0. The Labute approximate surface area is 319 Å². The van der Waals surface area contributed by atoms with Gasteiger partial charge < -0.3 is 18.9 Å². The Bertz CT molecular complexity index is 991. The van der Waals surface area contributed by atoms with Gasteiger partial charge in [0.1, 0.15) is 19.8 Å². The van der Waals surface area contributed by atoms with Crippen LogP contribution in [0.4, 0.5) is 0 Å². The van der Waals surface area contributed by atoms with Crippen molar-refractivity contribution in [3.05, 3.63) is 36.5 Å². The number of quaternary nitrogens is 1. The minimum atomic E-state index is -4.37. The van der Waals surface area contributed by atoms with E-state index >= 15 is 0 Å². The monoisotopic (exact) mass is 757 g/mol. The molecule has 0 aromatic rings. The predicted octanol–water partition coefficient (Wildman–Crippen LogP) is 11.4. The van der Waals surface area contributed by atoms with Crippen molar-refractivity contribution in [3.8, 4) is 0 Å². The van der Waals surface area contributed by atoms with Gasteiger partial charge in [-0.15, -0.1) is 0 Å². The van der Waals surface area contributed by atoms with Crippen LogP contribution in [0, 0.1) is 0 Å². The first kappa shape index (κ1) is 50.2. The first-order chi connectivity index (χ1) is 25.0. The number of likely N-dealkylation sites (N-methyl/N-ethyl adjacent to an activating group) is 1. The number of phosphoric ester groups is 1. The van der Waals surface area contributed by atoms with Gasteiger partial charge in [0.15, 0.2) is 6.10 Å². The lowest BCUT2D eigenvalue weighted by Crippen LogP contribution is -2.37. The molecule has 52 heavy (non-hydrogen) atoms. The van der Waals surface area contributed by atoms with Gasteiger partial charge in [-0.2, -0.15) is 0 Å². The Morgan fingerprint density at radius 1 is 0.596 bits per heavy atom. The molecule has 0 radical (unpaired) electrons. The topological polar surface area (TPSA) is 108 Å². The van der Waals surface area contributed by atoms with Crippen LogP contribution < -0.4 is 0 Å². The van der Waals surface area contributed by atoms with Crippen molar-refractivity contribution in [1.82, 2.24) is 0 Å².